The predicted octanol–water partition coefficient (Wildman–Crippen LogP) is 5.32. The van der Waals surface area contributed by atoms with Gasteiger partial charge in [-0.25, -0.2) is 0 Å². The lowest BCUT2D eigenvalue weighted by Gasteiger charge is -2.26. The fourth-order valence-electron chi connectivity index (χ4n) is 3.59. The first kappa shape index (κ1) is 20.1. The van der Waals surface area contributed by atoms with Crippen molar-refractivity contribution in [1.29, 1.82) is 0 Å². The van der Waals surface area contributed by atoms with Crippen LogP contribution in [0, 0.1) is 6.92 Å². The standard InChI is InChI=1S/C23H16Cl2N2O3/c1-13-11-17(25)8-9-18(13)27-20(15-3-2-10-26-12-15)19(22(29)23(27)30)21(28)14-4-6-16(24)7-5-14/h2-12,20,28H,1H3/b21-19+. The van der Waals surface area contributed by atoms with Crippen molar-refractivity contribution >= 4 is 46.3 Å². The summed E-state index contributed by atoms with van der Waals surface area (Å²) in [5.41, 5.74) is 2.24. The summed E-state index contributed by atoms with van der Waals surface area (Å²) < 4.78 is 0. The van der Waals surface area contributed by atoms with E-state index >= 15 is 0 Å². The number of aliphatic hydroxyl groups excluding tert-OH is 1. The molecule has 1 atom stereocenters. The zero-order valence-corrected chi connectivity index (χ0v) is 17.4. The molecule has 0 bridgehead atoms. The van der Waals surface area contributed by atoms with E-state index in [0.717, 1.165) is 5.56 Å². The van der Waals surface area contributed by atoms with Crippen molar-refractivity contribution in [3.63, 3.8) is 0 Å². The number of aliphatic hydroxyl groups is 1. The molecule has 1 aliphatic rings. The molecule has 1 amide bonds. The SMILES string of the molecule is Cc1cc(Cl)ccc1N1C(=O)C(=O)/C(=C(/O)c2ccc(Cl)cc2)C1c1cccnc1. The van der Waals surface area contributed by atoms with E-state index in [1.807, 2.05) is 0 Å². The van der Waals surface area contributed by atoms with Crippen molar-refractivity contribution in [3.05, 3.63) is 99.3 Å². The zero-order valence-electron chi connectivity index (χ0n) is 15.8. The molecule has 0 radical (unpaired) electrons. The van der Waals surface area contributed by atoms with Gasteiger partial charge in [0, 0.05) is 33.7 Å². The summed E-state index contributed by atoms with van der Waals surface area (Å²) in [6, 6.07) is 14.1. The van der Waals surface area contributed by atoms with Crippen molar-refractivity contribution in [1.82, 2.24) is 4.98 Å². The Kier molecular flexibility index (Phi) is 5.33. The number of pyridine rings is 1. The number of ketones is 1. The van der Waals surface area contributed by atoms with Gasteiger partial charge < -0.3 is 5.11 Å². The summed E-state index contributed by atoms with van der Waals surface area (Å²) in [5, 5.41) is 12.0. The van der Waals surface area contributed by atoms with E-state index < -0.39 is 17.7 Å². The van der Waals surface area contributed by atoms with Gasteiger partial charge in [-0.1, -0.05) is 29.3 Å². The second-order valence-electron chi connectivity index (χ2n) is 6.89. The van der Waals surface area contributed by atoms with Crippen LogP contribution in [0.3, 0.4) is 0 Å². The number of halogens is 2. The van der Waals surface area contributed by atoms with Gasteiger partial charge in [0.2, 0.25) is 0 Å². The van der Waals surface area contributed by atoms with Crippen molar-refractivity contribution in [2.45, 2.75) is 13.0 Å². The number of benzene rings is 2. The normalized spacial score (nSPS) is 18.1. The number of hydrogen-bond acceptors (Lipinski definition) is 4. The van der Waals surface area contributed by atoms with Crippen LogP contribution in [0.25, 0.3) is 5.76 Å². The van der Waals surface area contributed by atoms with Crippen LogP contribution >= 0.6 is 23.2 Å². The highest BCUT2D eigenvalue weighted by molar-refractivity contribution is 6.51. The maximum atomic E-state index is 13.1. The van der Waals surface area contributed by atoms with Gasteiger partial charge >= 0.3 is 0 Å². The molecule has 1 fully saturated rings. The van der Waals surface area contributed by atoms with Crippen molar-refractivity contribution in [2.24, 2.45) is 0 Å². The maximum absolute atomic E-state index is 13.1. The average molecular weight is 439 g/mol. The number of rotatable bonds is 3. The first-order valence-electron chi connectivity index (χ1n) is 9.11. The molecule has 7 heteroatoms. The molecule has 1 aliphatic heterocycles. The molecule has 0 spiro atoms. The molecule has 1 unspecified atom stereocenters. The summed E-state index contributed by atoms with van der Waals surface area (Å²) >= 11 is 12.0. The quantitative estimate of drug-likeness (QED) is 0.341. The molecule has 150 valence electrons. The Morgan fingerprint density at radius 2 is 1.73 bits per heavy atom. The predicted molar refractivity (Wildman–Crippen MR) is 117 cm³/mol. The lowest BCUT2D eigenvalue weighted by atomic mass is 9.96. The first-order chi connectivity index (χ1) is 14.4. The number of Topliss-reactive ketones (excluding diaryl/α,β-unsaturated/α-hetero) is 1. The third kappa shape index (κ3) is 3.47. The Hall–Kier alpha value is -3.15. The molecule has 4 rings (SSSR count). The van der Waals surface area contributed by atoms with Gasteiger partial charge in [-0.05, 0) is 66.6 Å². The highest BCUT2D eigenvalue weighted by Crippen LogP contribution is 2.43. The first-order valence-corrected chi connectivity index (χ1v) is 9.87. The van der Waals surface area contributed by atoms with Crippen LogP contribution in [-0.2, 0) is 9.59 Å². The molecular weight excluding hydrogens is 423 g/mol. The Morgan fingerprint density at radius 3 is 2.37 bits per heavy atom. The number of carbonyl (C=O) groups excluding carboxylic acids is 2. The number of aromatic nitrogens is 1. The molecule has 1 saturated heterocycles. The van der Waals surface area contributed by atoms with E-state index in [1.165, 1.54) is 4.90 Å². The number of anilines is 1. The van der Waals surface area contributed by atoms with Gasteiger partial charge in [-0.15, -0.1) is 0 Å². The lowest BCUT2D eigenvalue weighted by molar-refractivity contribution is -0.132. The minimum atomic E-state index is -0.839. The van der Waals surface area contributed by atoms with Crippen LogP contribution in [0.15, 0.2) is 72.6 Å². The Labute approximate surface area is 183 Å². The van der Waals surface area contributed by atoms with E-state index in [-0.39, 0.29) is 11.3 Å². The summed E-state index contributed by atoms with van der Waals surface area (Å²) in [6.07, 6.45) is 3.17. The van der Waals surface area contributed by atoms with Gasteiger partial charge in [0.1, 0.15) is 5.76 Å². The summed E-state index contributed by atoms with van der Waals surface area (Å²) in [7, 11) is 0. The fourth-order valence-corrected chi connectivity index (χ4v) is 3.94. The van der Waals surface area contributed by atoms with Crippen molar-refractivity contribution in [2.75, 3.05) is 4.90 Å². The molecule has 2 heterocycles. The summed E-state index contributed by atoms with van der Waals surface area (Å²) in [4.78, 5) is 31.6. The van der Waals surface area contributed by atoms with Crippen LogP contribution < -0.4 is 4.90 Å². The third-order valence-corrected chi connectivity index (χ3v) is 5.47. The molecule has 3 aromatic rings. The van der Waals surface area contributed by atoms with Crippen molar-refractivity contribution in [3.8, 4) is 0 Å². The van der Waals surface area contributed by atoms with Gasteiger partial charge in [0.15, 0.2) is 0 Å². The highest BCUT2D eigenvalue weighted by atomic mass is 35.5. The largest absolute Gasteiger partial charge is 0.507 e. The summed E-state index contributed by atoms with van der Waals surface area (Å²) in [5.74, 6) is -1.77. The number of carbonyl (C=O) groups is 2. The van der Waals surface area contributed by atoms with E-state index in [4.69, 9.17) is 23.2 Å². The molecule has 5 nitrogen and oxygen atoms in total. The second kappa shape index (κ2) is 7.94. The van der Waals surface area contributed by atoms with E-state index in [1.54, 1.807) is 73.9 Å². The fraction of sp³-hybridized carbons (Fsp3) is 0.0870. The Morgan fingerprint density at radius 1 is 1.03 bits per heavy atom. The molecule has 30 heavy (non-hydrogen) atoms. The number of nitrogens with zero attached hydrogens (tertiary/aromatic N) is 2. The van der Waals surface area contributed by atoms with Crippen LogP contribution in [0.2, 0.25) is 10.0 Å². The molecule has 1 aromatic heterocycles. The molecule has 1 N–H and O–H groups in total. The Bertz CT molecular complexity index is 1170. The number of amides is 1. The molecule has 0 saturated carbocycles. The maximum Gasteiger partial charge on any atom is 0.300 e. The smallest absolute Gasteiger partial charge is 0.300 e. The van der Waals surface area contributed by atoms with Gasteiger partial charge in [0.05, 0.1) is 11.6 Å². The Balaban J connectivity index is 1.96. The lowest BCUT2D eigenvalue weighted by Crippen LogP contribution is -2.30. The van der Waals surface area contributed by atoms with E-state index in [9.17, 15) is 14.7 Å². The van der Waals surface area contributed by atoms with Crippen LogP contribution in [0.1, 0.15) is 22.7 Å². The summed E-state index contributed by atoms with van der Waals surface area (Å²) in [6.45, 7) is 1.81. The van der Waals surface area contributed by atoms with E-state index in [0.29, 0.717) is 26.9 Å². The topological polar surface area (TPSA) is 70.5 Å². The van der Waals surface area contributed by atoms with E-state index in [2.05, 4.69) is 4.98 Å². The van der Waals surface area contributed by atoms with Gasteiger partial charge in [-0.3, -0.25) is 19.5 Å². The monoisotopic (exact) mass is 438 g/mol. The van der Waals surface area contributed by atoms with Crippen LogP contribution in [-0.4, -0.2) is 21.8 Å². The zero-order chi connectivity index (χ0) is 21.4. The van der Waals surface area contributed by atoms with Crippen LogP contribution in [0.5, 0.6) is 0 Å². The molecule has 2 aromatic carbocycles. The molecule has 0 aliphatic carbocycles. The minimum absolute atomic E-state index is 0.00956. The van der Waals surface area contributed by atoms with Crippen molar-refractivity contribution < 1.29 is 14.7 Å². The molecular formula is C23H16Cl2N2O3. The number of hydrogen-bond donors (Lipinski definition) is 1. The highest BCUT2D eigenvalue weighted by Gasteiger charge is 2.47. The second-order valence-corrected chi connectivity index (χ2v) is 7.77. The van der Waals surface area contributed by atoms with Crippen LogP contribution in [0.4, 0.5) is 5.69 Å². The van der Waals surface area contributed by atoms with Gasteiger partial charge in [0.25, 0.3) is 11.7 Å². The average Bonchev–Trinajstić information content (AvgIpc) is 3.00. The third-order valence-electron chi connectivity index (χ3n) is 4.98. The minimum Gasteiger partial charge on any atom is -0.507 e. The van der Waals surface area contributed by atoms with Gasteiger partial charge in [-0.2, -0.15) is 0 Å². The number of aryl methyl sites for hydroxylation is 1.